The molecule has 21 atom stereocenters. The maximum atomic E-state index is 13.8. The van der Waals surface area contributed by atoms with Gasteiger partial charge in [-0.1, -0.05) is 55.4 Å². The predicted molar refractivity (Wildman–Crippen MR) is 326 cm³/mol. The molecule has 3 saturated heterocycles. The summed E-state index contributed by atoms with van der Waals surface area (Å²) in [7, 11) is 0. The minimum absolute atomic E-state index is 0.142. The minimum atomic E-state index is -0.722. The van der Waals surface area contributed by atoms with Gasteiger partial charge in [-0.2, -0.15) is 0 Å². The fraction of sp³-hybridized carbons (Fsp3) is 0.831. The first-order chi connectivity index (χ1) is 45.1. The Morgan fingerprint density at radius 2 is 0.789 bits per heavy atom. The van der Waals surface area contributed by atoms with Crippen LogP contribution in [0.3, 0.4) is 0 Å². The van der Waals surface area contributed by atoms with Crippen molar-refractivity contribution in [3.63, 3.8) is 0 Å². The van der Waals surface area contributed by atoms with Crippen molar-refractivity contribution in [2.24, 2.45) is 112 Å². The second kappa shape index (κ2) is 27.5. The highest BCUT2D eigenvalue weighted by molar-refractivity contribution is 5.89. The number of carbonyl (C=O) groups excluding carboxylic acids is 12. The van der Waals surface area contributed by atoms with E-state index in [9.17, 15) is 57.5 Å². The van der Waals surface area contributed by atoms with Crippen LogP contribution in [-0.2, 0) is 114 Å². The molecule has 11 saturated carbocycles. The molecule has 0 radical (unpaired) electrons. The van der Waals surface area contributed by atoms with E-state index in [2.05, 4.69) is 6.92 Å². The highest BCUT2D eigenvalue weighted by atomic mass is 16.6. The molecule has 0 aromatic carbocycles. The van der Waals surface area contributed by atoms with Crippen molar-refractivity contribution in [2.45, 2.75) is 239 Å². The molecule has 0 N–H and O–H groups in total. The van der Waals surface area contributed by atoms with Crippen molar-refractivity contribution in [2.75, 3.05) is 19.8 Å². The third kappa shape index (κ3) is 13.2. The molecular formula is C71H98O24. The Kier molecular flexibility index (Phi) is 20.3. The topological polar surface area (TPSA) is 316 Å². The van der Waals surface area contributed by atoms with Crippen LogP contribution in [0.4, 0.5) is 0 Å². The number of rotatable bonds is 22. The van der Waals surface area contributed by atoms with Gasteiger partial charge in [-0.15, -0.1) is 0 Å². The van der Waals surface area contributed by atoms with E-state index < -0.39 is 162 Å². The Labute approximate surface area is 555 Å². The first-order valence-electron chi connectivity index (χ1n) is 35.5. The smallest absolute Gasteiger partial charge is 0.344 e. The van der Waals surface area contributed by atoms with Crippen LogP contribution in [0.2, 0.25) is 0 Å². The Bertz CT molecular complexity index is 2980. The van der Waals surface area contributed by atoms with Gasteiger partial charge in [-0.05, 0) is 154 Å². The normalized spacial score (nSPS) is 39.0. The van der Waals surface area contributed by atoms with E-state index in [4.69, 9.17) is 56.8 Å². The van der Waals surface area contributed by atoms with E-state index in [0.29, 0.717) is 50.4 Å². The van der Waals surface area contributed by atoms with Gasteiger partial charge in [0.25, 0.3) is 0 Å². The molecule has 0 spiro atoms. The fourth-order valence-electron chi connectivity index (χ4n) is 19.5. The number of carbonyl (C=O) groups is 12. The van der Waals surface area contributed by atoms with Crippen molar-refractivity contribution >= 4 is 71.6 Å². The zero-order valence-electron chi connectivity index (χ0n) is 56.9. The van der Waals surface area contributed by atoms with Crippen LogP contribution < -0.4 is 0 Å². The predicted octanol–water partition coefficient (Wildman–Crippen LogP) is 7.64. The van der Waals surface area contributed by atoms with E-state index in [1.807, 2.05) is 27.7 Å². The van der Waals surface area contributed by atoms with Gasteiger partial charge in [0.15, 0.2) is 19.8 Å². The van der Waals surface area contributed by atoms with E-state index in [-0.39, 0.29) is 71.2 Å². The van der Waals surface area contributed by atoms with Crippen LogP contribution in [0, 0.1) is 112 Å². The summed E-state index contributed by atoms with van der Waals surface area (Å²) in [6.07, 6.45) is 11.0. The molecule has 3 heterocycles. The van der Waals surface area contributed by atoms with Gasteiger partial charge in [0.1, 0.15) is 53.4 Å². The Morgan fingerprint density at radius 1 is 0.453 bits per heavy atom. The number of hydrogen-bond donors (Lipinski definition) is 0. The molecule has 11 aliphatic carbocycles. The lowest BCUT2D eigenvalue weighted by Crippen LogP contribution is -2.60. The molecule has 24 heteroatoms. The van der Waals surface area contributed by atoms with E-state index >= 15 is 0 Å². The maximum Gasteiger partial charge on any atom is 0.344 e. The molecule has 0 amide bonds. The van der Waals surface area contributed by atoms with Gasteiger partial charge in [0, 0.05) is 35.5 Å². The van der Waals surface area contributed by atoms with Crippen LogP contribution in [0.25, 0.3) is 0 Å². The molecular weight excluding hydrogens is 1240 g/mol. The third-order valence-electron chi connectivity index (χ3n) is 24.5. The van der Waals surface area contributed by atoms with Crippen molar-refractivity contribution in [3.8, 4) is 0 Å². The van der Waals surface area contributed by atoms with Crippen LogP contribution in [0.15, 0.2) is 0 Å². The number of fused-ring (bicyclic) bond motifs is 3. The zero-order valence-corrected chi connectivity index (χ0v) is 56.9. The molecule has 3 aliphatic heterocycles. The minimum Gasteiger partial charge on any atom is -0.460 e. The van der Waals surface area contributed by atoms with Gasteiger partial charge in [0.2, 0.25) is 0 Å². The number of hydrogen-bond acceptors (Lipinski definition) is 24. The average Bonchev–Trinajstić information content (AvgIpc) is 1.59. The van der Waals surface area contributed by atoms with Crippen LogP contribution in [0.1, 0.15) is 185 Å². The second-order valence-corrected chi connectivity index (χ2v) is 30.9. The SMILES string of the molecule is CCC(C)C(=O)OCC(=O)OC1C2CC3C1OC(=O)C3C2C(=O)OC(C)(C)C.CCC(C)C(=O)OCC(=O)OC1C2CC3C1OC(=O)C3C2C(=O)OC1(CC)C2CC3CC(C2)CC1C3.CCC(C)C(=O)OCC(=O)OC1C2CC3C1OC(=O)C3C2C(=O)OC1(CC)CCCC1. The van der Waals surface area contributed by atoms with Crippen molar-refractivity contribution < 1.29 is 114 Å². The molecule has 24 nitrogen and oxygen atoms in total. The number of esters is 12. The lowest BCUT2D eigenvalue weighted by atomic mass is 9.49. The monoisotopic (exact) mass is 1330 g/mol. The highest BCUT2D eigenvalue weighted by Gasteiger charge is 2.74. The summed E-state index contributed by atoms with van der Waals surface area (Å²) in [4.78, 5) is 150. The largest absolute Gasteiger partial charge is 0.460 e. The van der Waals surface area contributed by atoms with Crippen LogP contribution in [0.5, 0.6) is 0 Å². The summed E-state index contributed by atoms with van der Waals surface area (Å²) >= 11 is 0. The third-order valence-corrected chi connectivity index (χ3v) is 24.5. The maximum absolute atomic E-state index is 13.8. The van der Waals surface area contributed by atoms with Crippen LogP contribution in [-0.4, -0.2) is 145 Å². The van der Waals surface area contributed by atoms with Gasteiger partial charge >= 0.3 is 71.6 Å². The molecule has 526 valence electrons. The van der Waals surface area contributed by atoms with Crippen molar-refractivity contribution in [3.05, 3.63) is 0 Å². The van der Waals surface area contributed by atoms with Crippen LogP contribution >= 0.6 is 0 Å². The standard InChI is InChI=1S/C28H38O8.C23H32O8.C20H28O8/c1-4-13(3)25(30)33-12-20(29)34-23-19-11-18-21(26(31)35-24(18)23)22(19)27(32)36-28(5-2)16-7-14-6-15(9-16)10-17(28)8-14;1-4-12(3)20(25)28-11-15(24)29-18-14-10-13-16(21(26)30-19(13)18)17(14)22(27)31-23(5-2)8-6-7-9-23;1-6-9(2)17(22)25-8-12(21)26-15-11-7-10-13(18(23)27-16(10)15)14(11)19(24)28-20(3,4)5/h13-19,21-24H,4-12H2,1-3H3;12-14,16-19H,4-11H2,1-3H3;9-11,13-16H,6-8H2,1-5H3. The zero-order chi connectivity index (χ0) is 68.5. The Balaban J connectivity index is 0.000000146. The molecule has 10 bridgehead atoms. The molecule has 21 unspecified atom stereocenters. The summed E-state index contributed by atoms with van der Waals surface area (Å²) in [6, 6.07) is 0. The second-order valence-electron chi connectivity index (χ2n) is 30.9. The first kappa shape index (κ1) is 70.0. The summed E-state index contributed by atoms with van der Waals surface area (Å²) < 4.78 is 66.4. The van der Waals surface area contributed by atoms with E-state index in [0.717, 1.165) is 76.0 Å². The van der Waals surface area contributed by atoms with Gasteiger partial charge in [-0.25, -0.2) is 14.4 Å². The Hall–Kier alpha value is -6.36. The van der Waals surface area contributed by atoms with Gasteiger partial charge in [0.05, 0.1) is 53.3 Å². The summed E-state index contributed by atoms with van der Waals surface area (Å²) in [5, 5.41) is 0. The van der Waals surface area contributed by atoms with E-state index in [1.54, 1.807) is 41.5 Å². The lowest BCUT2D eigenvalue weighted by molar-refractivity contribution is -0.218. The molecule has 14 aliphatic rings. The summed E-state index contributed by atoms with van der Waals surface area (Å²) in [5.41, 5.74) is -1.57. The lowest BCUT2D eigenvalue weighted by Gasteiger charge is -2.60. The van der Waals surface area contributed by atoms with Gasteiger partial charge < -0.3 is 56.8 Å². The highest BCUT2D eigenvalue weighted by Crippen LogP contribution is 2.64. The van der Waals surface area contributed by atoms with Gasteiger partial charge in [-0.3, -0.25) is 43.2 Å². The van der Waals surface area contributed by atoms with Crippen molar-refractivity contribution in [1.29, 1.82) is 0 Å². The molecule has 14 fully saturated rings. The van der Waals surface area contributed by atoms with Crippen molar-refractivity contribution in [1.82, 2.24) is 0 Å². The molecule has 95 heavy (non-hydrogen) atoms. The quantitative estimate of drug-likeness (QED) is 0.0742. The molecule has 14 rings (SSSR count). The molecule has 0 aromatic heterocycles. The fourth-order valence-corrected chi connectivity index (χ4v) is 19.5. The number of ether oxygens (including phenoxy) is 12. The summed E-state index contributed by atoms with van der Waals surface area (Å²) in [5.74, 6) is -9.38. The Morgan fingerprint density at radius 3 is 1.11 bits per heavy atom. The summed E-state index contributed by atoms with van der Waals surface area (Å²) in [6.45, 7) is 18.7. The molecule has 0 aromatic rings. The first-order valence-corrected chi connectivity index (χ1v) is 35.5. The average molecular weight is 1340 g/mol. The van der Waals surface area contributed by atoms with E-state index in [1.165, 1.54) is 6.42 Å².